The molecule has 4 heteroatoms. The van der Waals surface area contributed by atoms with E-state index in [-0.39, 0.29) is 29.7 Å². The van der Waals surface area contributed by atoms with Crippen molar-refractivity contribution in [2.45, 2.75) is 78.6 Å². The molecule has 4 aliphatic rings. The zero-order valence-electron chi connectivity index (χ0n) is 17.1. The first-order valence-electron chi connectivity index (χ1n) is 10.9. The van der Waals surface area contributed by atoms with Crippen molar-refractivity contribution in [3.63, 3.8) is 0 Å². The molecule has 0 aromatic carbocycles. The predicted molar refractivity (Wildman–Crippen MR) is 102 cm³/mol. The van der Waals surface area contributed by atoms with Gasteiger partial charge in [0.2, 0.25) is 0 Å². The number of ether oxygens (including phenoxy) is 1. The van der Waals surface area contributed by atoms with Crippen LogP contribution in [0.1, 0.15) is 78.6 Å². The van der Waals surface area contributed by atoms with Crippen molar-refractivity contribution in [1.82, 2.24) is 0 Å². The Balaban J connectivity index is 1.53. The van der Waals surface area contributed by atoms with Crippen molar-refractivity contribution in [1.29, 1.82) is 0 Å². The van der Waals surface area contributed by atoms with E-state index in [0.717, 1.165) is 38.5 Å². The second-order valence-corrected chi connectivity index (χ2v) is 10.3. The van der Waals surface area contributed by atoms with Gasteiger partial charge < -0.3 is 4.74 Å². The Morgan fingerprint density at radius 1 is 1.00 bits per heavy atom. The minimum absolute atomic E-state index is 0.0428. The summed E-state index contributed by atoms with van der Waals surface area (Å²) in [5.74, 6) is 2.86. The van der Waals surface area contributed by atoms with Crippen LogP contribution in [0.5, 0.6) is 0 Å². The van der Waals surface area contributed by atoms with Crippen LogP contribution in [-0.2, 0) is 19.1 Å². The first-order valence-corrected chi connectivity index (χ1v) is 10.9. The lowest BCUT2D eigenvalue weighted by Crippen LogP contribution is -2.54. The van der Waals surface area contributed by atoms with E-state index in [1.165, 1.54) is 26.2 Å². The highest BCUT2D eigenvalue weighted by atomic mass is 16.5. The van der Waals surface area contributed by atoms with Gasteiger partial charge in [0.1, 0.15) is 12.4 Å². The topological polar surface area (TPSA) is 60.4 Å². The number of carbonyl (C=O) groups is 3. The Morgan fingerprint density at radius 3 is 2.48 bits per heavy atom. The maximum atomic E-state index is 12.8. The van der Waals surface area contributed by atoms with Crippen molar-refractivity contribution < 1.29 is 19.1 Å². The zero-order valence-corrected chi connectivity index (χ0v) is 17.1. The fraction of sp³-hybridized carbons (Fsp3) is 0.870. The molecule has 4 fully saturated rings. The summed E-state index contributed by atoms with van der Waals surface area (Å²) in [4.78, 5) is 35.9. The van der Waals surface area contributed by atoms with Crippen LogP contribution in [0.2, 0.25) is 0 Å². The molecule has 0 saturated heterocycles. The summed E-state index contributed by atoms with van der Waals surface area (Å²) < 4.78 is 5.02. The van der Waals surface area contributed by atoms with Gasteiger partial charge in [-0.25, -0.2) is 0 Å². The monoisotopic (exact) mass is 374 g/mol. The van der Waals surface area contributed by atoms with Crippen LogP contribution < -0.4 is 0 Å². The summed E-state index contributed by atoms with van der Waals surface area (Å²) in [6.45, 7) is 6.10. The second-order valence-electron chi connectivity index (χ2n) is 10.3. The van der Waals surface area contributed by atoms with Crippen LogP contribution in [-0.4, -0.2) is 24.1 Å². The van der Waals surface area contributed by atoms with E-state index in [2.05, 4.69) is 13.8 Å². The van der Waals surface area contributed by atoms with Gasteiger partial charge in [0.05, 0.1) is 0 Å². The maximum Gasteiger partial charge on any atom is 0.303 e. The van der Waals surface area contributed by atoms with Crippen LogP contribution >= 0.6 is 0 Å². The quantitative estimate of drug-likeness (QED) is 0.689. The summed E-state index contributed by atoms with van der Waals surface area (Å²) in [6.07, 6.45) is 9.41. The average Bonchev–Trinajstić information content (AvgIpc) is 2.97. The Morgan fingerprint density at radius 2 is 1.74 bits per heavy atom. The molecule has 0 bridgehead atoms. The minimum atomic E-state index is -0.371. The van der Waals surface area contributed by atoms with Gasteiger partial charge in [-0.05, 0) is 79.4 Å². The molecule has 0 N–H and O–H groups in total. The molecule has 4 rings (SSSR count). The largest absolute Gasteiger partial charge is 0.458 e. The molecule has 0 aromatic rings. The summed E-state index contributed by atoms with van der Waals surface area (Å²) in [6, 6.07) is 0. The number of rotatable bonds is 3. The van der Waals surface area contributed by atoms with Crippen LogP contribution in [0, 0.1) is 40.4 Å². The van der Waals surface area contributed by atoms with E-state index in [4.69, 9.17) is 4.74 Å². The standard InChI is InChI=1S/C23H34O4/c1-14(24)27-13-21(26)20-7-6-18-17-5-4-15-12-16(25)8-10-22(15,2)19(17)9-11-23(18,20)3/h15,17-20H,4-13H2,1-3H3. The summed E-state index contributed by atoms with van der Waals surface area (Å²) in [5.41, 5.74) is 0.379. The molecule has 0 amide bonds. The van der Waals surface area contributed by atoms with E-state index < -0.39 is 0 Å². The molecule has 27 heavy (non-hydrogen) atoms. The highest BCUT2D eigenvalue weighted by Gasteiger charge is 2.61. The number of Topliss-reactive ketones (excluding diaryl/α,β-unsaturated/α-hetero) is 2. The van der Waals surface area contributed by atoms with Crippen LogP contribution in [0.3, 0.4) is 0 Å². The predicted octanol–water partition coefficient (Wildman–Crippen LogP) is 4.35. The Labute approximate surface area is 162 Å². The van der Waals surface area contributed by atoms with Crippen LogP contribution in [0.4, 0.5) is 0 Å². The molecule has 7 atom stereocenters. The molecule has 0 aromatic heterocycles. The van der Waals surface area contributed by atoms with Gasteiger partial charge >= 0.3 is 5.97 Å². The molecular formula is C23H34O4. The molecule has 4 nitrogen and oxygen atoms in total. The Kier molecular flexibility index (Phi) is 4.75. The third kappa shape index (κ3) is 2.98. The van der Waals surface area contributed by atoms with E-state index in [0.29, 0.717) is 34.9 Å². The maximum absolute atomic E-state index is 12.8. The third-order valence-corrected chi connectivity index (χ3v) is 9.29. The van der Waals surface area contributed by atoms with Gasteiger partial charge in [-0.2, -0.15) is 0 Å². The number of hydrogen-bond donors (Lipinski definition) is 0. The summed E-state index contributed by atoms with van der Waals surface area (Å²) in [7, 11) is 0. The molecule has 4 aliphatic carbocycles. The smallest absolute Gasteiger partial charge is 0.303 e. The van der Waals surface area contributed by atoms with E-state index >= 15 is 0 Å². The normalized spacial score (nSPS) is 46.2. The molecule has 150 valence electrons. The van der Waals surface area contributed by atoms with Gasteiger partial charge in [0.15, 0.2) is 5.78 Å². The van der Waals surface area contributed by atoms with Crippen molar-refractivity contribution in [3.05, 3.63) is 0 Å². The fourth-order valence-corrected chi connectivity index (χ4v) is 7.85. The van der Waals surface area contributed by atoms with Crippen molar-refractivity contribution in [2.75, 3.05) is 6.61 Å². The van der Waals surface area contributed by atoms with Crippen molar-refractivity contribution in [2.24, 2.45) is 40.4 Å². The number of ketones is 2. The van der Waals surface area contributed by atoms with Gasteiger partial charge in [0, 0.05) is 25.7 Å². The fourth-order valence-electron chi connectivity index (χ4n) is 7.85. The number of hydrogen-bond acceptors (Lipinski definition) is 4. The molecule has 0 radical (unpaired) electrons. The van der Waals surface area contributed by atoms with Crippen LogP contribution in [0.15, 0.2) is 0 Å². The summed E-state index contributed by atoms with van der Waals surface area (Å²) in [5, 5.41) is 0. The average molecular weight is 375 g/mol. The molecule has 0 spiro atoms. The molecule has 0 heterocycles. The first kappa shape index (κ1) is 19.1. The van der Waals surface area contributed by atoms with Crippen LogP contribution in [0.25, 0.3) is 0 Å². The summed E-state index contributed by atoms with van der Waals surface area (Å²) >= 11 is 0. The highest BCUT2D eigenvalue weighted by Crippen LogP contribution is 2.67. The van der Waals surface area contributed by atoms with Crippen molar-refractivity contribution in [3.8, 4) is 0 Å². The molecule has 4 saturated carbocycles. The lowest BCUT2D eigenvalue weighted by molar-refractivity contribution is -0.151. The second kappa shape index (κ2) is 6.70. The molecular weight excluding hydrogens is 340 g/mol. The zero-order chi connectivity index (χ0) is 19.4. The van der Waals surface area contributed by atoms with Crippen molar-refractivity contribution >= 4 is 17.5 Å². The van der Waals surface area contributed by atoms with Gasteiger partial charge in [-0.1, -0.05) is 13.8 Å². The van der Waals surface area contributed by atoms with E-state index in [1.54, 1.807) is 0 Å². The third-order valence-electron chi connectivity index (χ3n) is 9.29. The van der Waals surface area contributed by atoms with E-state index in [1.807, 2.05) is 0 Å². The Hall–Kier alpha value is -1.19. The highest BCUT2D eigenvalue weighted by molar-refractivity contribution is 5.85. The lowest BCUT2D eigenvalue weighted by atomic mass is 9.44. The number of carbonyl (C=O) groups excluding carboxylic acids is 3. The molecule has 7 unspecified atom stereocenters. The van der Waals surface area contributed by atoms with Gasteiger partial charge in [0.25, 0.3) is 0 Å². The Bertz CT molecular complexity index is 655. The lowest BCUT2D eigenvalue weighted by Gasteiger charge is -2.60. The van der Waals surface area contributed by atoms with Gasteiger partial charge in [-0.3, -0.25) is 14.4 Å². The number of fused-ring (bicyclic) bond motifs is 5. The SMILES string of the molecule is CC(=O)OCC(=O)C1CCC2C3CCC4CC(=O)CCC4(C)C3CCC12C. The number of esters is 1. The first-order chi connectivity index (χ1) is 12.8. The van der Waals surface area contributed by atoms with E-state index in [9.17, 15) is 14.4 Å². The molecule has 0 aliphatic heterocycles. The minimum Gasteiger partial charge on any atom is -0.458 e. The van der Waals surface area contributed by atoms with Gasteiger partial charge in [-0.15, -0.1) is 0 Å².